The van der Waals surface area contributed by atoms with Crippen LogP contribution in [0.1, 0.15) is 24.5 Å². The Bertz CT molecular complexity index is 1060. The summed E-state index contributed by atoms with van der Waals surface area (Å²) >= 11 is 0. The lowest BCUT2D eigenvalue weighted by Crippen LogP contribution is -2.24. The van der Waals surface area contributed by atoms with Gasteiger partial charge in [-0.25, -0.2) is 10.2 Å². The Labute approximate surface area is 192 Å². The number of nitrogens with zero attached hydrogens (tertiary/aromatic N) is 1. The van der Waals surface area contributed by atoms with E-state index in [4.69, 9.17) is 14.2 Å². The molecule has 2 aromatic carbocycles. The van der Waals surface area contributed by atoms with Gasteiger partial charge in [0.1, 0.15) is 6.42 Å². The molecule has 0 spiro atoms. The zero-order chi connectivity index (χ0) is 25.1. The molecule has 0 aliphatic heterocycles. The summed E-state index contributed by atoms with van der Waals surface area (Å²) in [5, 5.41) is 5.96. The number of benzene rings is 2. The molecule has 2 aromatic rings. The standard InChI is InChI=1S/C22H22F3N3O6/c1-3-33-21(31)13-34-17-8-7-14(9-18(17)32-2)12-26-28-20(30)11-19(29)27-16-6-4-5-15(10-16)22(23,24)25/h4-10,12H,3,11,13H2,1-2H3,(H,27,29)(H,28,30). The highest BCUT2D eigenvalue weighted by Gasteiger charge is 2.30. The molecule has 0 fully saturated rings. The van der Waals surface area contributed by atoms with Crippen LogP contribution in [0.4, 0.5) is 18.9 Å². The number of alkyl halides is 3. The van der Waals surface area contributed by atoms with Crippen molar-refractivity contribution in [2.75, 3.05) is 25.6 Å². The lowest BCUT2D eigenvalue weighted by atomic mass is 10.2. The highest BCUT2D eigenvalue weighted by atomic mass is 19.4. The molecule has 9 nitrogen and oxygen atoms in total. The minimum atomic E-state index is -4.55. The van der Waals surface area contributed by atoms with E-state index in [1.54, 1.807) is 13.0 Å². The summed E-state index contributed by atoms with van der Waals surface area (Å²) in [6, 6.07) is 8.70. The maximum absolute atomic E-state index is 12.7. The molecule has 0 aliphatic carbocycles. The van der Waals surface area contributed by atoms with Crippen molar-refractivity contribution in [1.82, 2.24) is 5.43 Å². The quantitative estimate of drug-likeness (QED) is 0.233. The Morgan fingerprint density at radius 3 is 2.50 bits per heavy atom. The molecule has 0 unspecified atom stereocenters. The molecule has 0 bridgehead atoms. The molecule has 0 radical (unpaired) electrons. The lowest BCUT2D eigenvalue weighted by molar-refractivity contribution is -0.145. The van der Waals surface area contributed by atoms with E-state index >= 15 is 0 Å². The van der Waals surface area contributed by atoms with Crippen LogP contribution >= 0.6 is 0 Å². The van der Waals surface area contributed by atoms with Crippen molar-refractivity contribution in [3.63, 3.8) is 0 Å². The fourth-order valence-corrected chi connectivity index (χ4v) is 2.57. The predicted molar refractivity (Wildman–Crippen MR) is 116 cm³/mol. The van der Waals surface area contributed by atoms with Gasteiger partial charge in [-0.15, -0.1) is 0 Å². The zero-order valence-electron chi connectivity index (χ0n) is 18.3. The van der Waals surface area contributed by atoms with Gasteiger partial charge in [-0.3, -0.25) is 9.59 Å². The zero-order valence-corrected chi connectivity index (χ0v) is 18.3. The molecule has 0 heterocycles. The fraction of sp³-hybridized carbons (Fsp3) is 0.273. The van der Waals surface area contributed by atoms with Gasteiger partial charge in [0.05, 0.1) is 25.5 Å². The van der Waals surface area contributed by atoms with Gasteiger partial charge in [0, 0.05) is 5.69 Å². The predicted octanol–water partition coefficient (Wildman–Crippen LogP) is 3.13. The van der Waals surface area contributed by atoms with Crippen LogP contribution in [-0.4, -0.2) is 44.3 Å². The van der Waals surface area contributed by atoms with Gasteiger partial charge in [-0.1, -0.05) is 6.07 Å². The second-order valence-electron chi connectivity index (χ2n) is 6.60. The maximum atomic E-state index is 12.7. The highest BCUT2D eigenvalue weighted by molar-refractivity contribution is 6.03. The van der Waals surface area contributed by atoms with Crippen LogP contribution in [0.3, 0.4) is 0 Å². The topological polar surface area (TPSA) is 115 Å². The summed E-state index contributed by atoms with van der Waals surface area (Å²) in [5.74, 6) is -1.52. The van der Waals surface area contributed by atoms with E-state index < -0.39 is 35.9 Å². The lowest BCUT2D eigenvalue weighted by Gasteiger charge is -2.10. The monoisotopic (exact) mass is 481 g/mol. The molecule has 0 aliphatic rings. The van der Waals surface area contributed by atoms with Crippen molar-refractivity contribution in [3.05, 3.63) is 53.6 Å². The largest absolute Gasteiger partial charge is 0.493 e. The van der Waals surface area contributed by atoms with Gasteiger partial charge < -0.3 is 19.5 Å². The summed E-state index contributed by atoms with van der Waals surface area (Å²) in [6.07, 6.45) is -3.93. The van der Waals surface area contributed by atoms with Gasteiger partial charge >= 0.3 is 12.1 Å². The Balaban J connectivity index is 1.88. The van der Waals surface area contributed by atoms with Crippen molar-refractivity contribution in [1.29, 1.82) is 0 Å². The van der Waals surface area contributed by atoms with Crippen LogP contribution in [0.25, 0.3) is 0 Å². The molecule has 0 saturated heterocycles. The second-order valence-corrected chi connectivity index (χ2v) is 6.60. The Kier molecular flexibility index (Phi) is 9.41. The first-order chi connectivity index (χ1) is 16.1. The first kappa shape index (κ1) is 26.2. The minimum Gasteiger partial charge on any atom is -0.493 e. The Hall–Kier alpha value is -4.09. The van der Waals surface area contributed by atoms with Gasteiger partial charge in [-0.05, 0) is 48.9 Å². The smallest absolute Gasteiger partial charge is 0.416 e. The third-order valence-corrected chi connectivity index (χ3v) is 4.04. The number of carbonyl (C=O) groups excluding carboxylic acids is 3. The van der Waals surface area contributed by atoms with E-state index in [1.165, 1.54) is 31.5 Å². The average Bonchev–Trinajstić information content (AvgIpc) is 2.77. The number of amides is 2. The molecule has 34 heavy (non-hydrogen) atoms. The average molecular weight is 481 g/mol. The number of hydrogen-bond donors (Lipinski definition) is 2. The van der Waals surface area contributed by atoms with Gasteiger partial charge in [0.25, 0.3) is 0 Å². The van der Waals surface area contributed by atoms with E-state index in [0.717, 1.165) is 18.2 Å². The van der Waals surface area contributed by atoms with Crippen molar-refractivity contribution >= 4 is 29.7 Å². The Morgan fingerprint density at radius 1 is 1.06 bits per heavy atom. The van der Waals surface area contributed by atoms with E-state index in [9.17, 15) is 27.6 Å². The van der Waals surface area contributed by atoms with Gasteiger partial charge in [0.15, 0.2) is 18.1 Å². The summed E-state index contributed by atoms with van der Waals surface area (Å²) in [4.78, 5) is 35.2. The third-order valence-electron chi connectivity index (χ3n) is 4.04. The summed E-state index contributed by atoms with van der Waals surface area (Å²) < 4.78 is 53.5. The normalized spacial score (nSPS) is 11.1. The first-order valence-corrected chi connectivity index (χ1v) is 9.87. The molecule has 2 amide bonds. The summed E-state index contributed by atoms with van der Waals surface area (Å²) in [7, 11) is 1.40. The molecular weight excluding hydrogens is 459 g/mol. The SMILES string of the molecule is CCOC(=O)COc1ccc(C=NNC(=O)CC(=O)Nc2cccc(C(F)(F)F)c2)cc1OC. The summed E-state index contributed by atoms with van der Waals surface area (Å²) in [6.45, 7) is 1.61. The number of nitrogens with one attached hydrogen (secondary N) is 2. The molecular formula is C22H22F3N3O6. The number of ether oxygens (including phenoxy) is 3. The molecule has 0 aromatic heterocycles. The number of hydrazone groups is 1. The molecule has 2 N–H and O–H groups in total. The van der Waals surface area contributed by atoms with Crippen molar-refractivity contribution in [2.24, 2.45) is 5.10 Å². The first-order valence-electron chi connectivity index (χ1n) is 9.87. The maximum Gasteiger partial charge on any atom is 0.416 e. The van der Waals surface area contributed by atoms with Crippen LogP contribution in [0.2, 0.25) is 0 Å². The van der Waals surface area contributed by atoms with E-state index in [-0.39, 0.29) is 18.9 Å². The number of halogens is 3. The molecule has 12 heteroatoms. The van der Waals surface area contributed by atoms with Crippen LogP contribution in [0.15, 0.2) is 47.6 Å². The second kappa shape index (κ2) is 12.2. The van der Waals surface area contributed by atoms with Crippen LogP contribution < -0.4 is 20.2 Å². The number of hydrogen-bond acceptors (Lipinski definition) is 7. The van der Waals surface area contributed by atoms with Gasteiger partial charge in [0.2, 0.25) is 11.8 Å². The molecule has 2 rings (SSSR count). The van der Waals surface area contributed by atoms with Gasteiger partial charge in [-0.2, -0.15) is 18.3 Å². The van der Waals surface area contributed by atoms with E-state index in [0.29, 0.717) is 17.1 Å². The highest BCUT2D eigenvalue weighted by Crippen LogP contribution is 2.30. The van der Waals surface area contributed by atoms with Crippen molar-refractivity contribution in [2.45, 2.75) is 19.5 Å². The summed E-state index contributed by atoms with van der Waals surface area (Å²) in [5.41, 5.74) is 1.64. The molecule has 0 atom stereocenters. The molecule has 182 valence electrons. The van der Waals surface area contributed by atoms with Crippen LogP contribution in [0.5, 0.6) is 11.5 Å². The fourth-order valence-electron chi connectivity index (χ4n) is 2.57. The number of esters is 1. The number of rotatable bonds is 10. The molecule has 0 saturated carbocycles. The van der Waals surface area contributed by atoms with Crippen LogP contribution in [0, 0.1) is 0 Å². The minimum absolute atomic E-state index is 0.0894. The van der Waals surface area contributed by atoms with Crippen molar-refractivity contribution in [3.8, 4) is 11.5 Å². The number of carbonyl (C=O) groups is 3. The van der Waals surface area contributed by atoms with E-state index in [2.05, 4.69) is 15.8 Å². The Morgan fingerprint density at radius 2 is 1.82 bits per heavy atom. The third kappa shape index (κ3) is 8.45. The number of methoxy groups -OCH3 is 1. The van der Waals surface area contributed by atoms with Crippen molar-refractivity contribution < 1.29 is 41.8 Å². The van der Waals surface area contributed by atoms with E-state index in [1.807, 2.05) is 0 Å². The van der Waals surface area contributed by atoms with Crippen LogP contribution in [-0.2, 0) is 25.3 Å². The number of anilines is 1.